The van der Waals surface area contributed by atoms with Crippen LogP contribution in [0.5, 0.6) is 0 Å². The SMILES string of the molecule is FC(F)(F)c1ccc(Cl)c(-n2nnnc2CNC2CC2)c1. The molecule has 21 heavy (non-hydrogen) atoms. The second kappa shape index (κ2) is 5.27. The Hall–Kier alpha value is -1.67. The Morgan fingerprint density at radius 2 is 2.10 bits per heavy atom. The second-order valence-electron chi connectivity index (χ2n) is 4.83. The number of hydrogen-bond acceptors (Lipinski definition) is 4. The van der Waals surface area contributed by atoms with Crippen molar-refractivity contribution in [1.82, 2.24) is 25.5 Å². The molecule has 2 aromatic rings. The molecule has 1 aliphatic carbocycles. The van der Waals surface area contributed by atoms with Crippen molar-refractivity contribution in [3.8, 4) is 5.69 Å². The molecule has 1 saturated carbocycles. The van der Waals surface area contributed by atoms with Gasteiger partial charge in [0, 0.05) is 6.04 Å². The average molecular weight is 318 g/mol. The molecule has 0 spiro atoms. The van der Waals surface area contributed by atoms with Gasteiger partial charge in [0.15, 0.2) is 5.82 Å². The lowest BCUT2D eigenvalue weighted by atomic mass is 10.2. The molecule has 0 aliphatic heterocycles. The normalized spacial score (nSPS) is 15.4. The maximum absolute atomic E-state index is 12.8. The van der Waals surface area contributed by atoms with Gasteiger partial charge in [0.25, 0.3) is 0 Å². The Kier molecular flexibility index (Phi) is 3.58. The fraction of sp³-hybridized carbons (Fsp3) is 0.417. The van der Waals surface area contributed by atoms with Gasteiger partial charge in [-0.05, 0) is 41.5 Å². The highest BCUT2D eigenvalue weighted by Crippen LogP contribution is 2.33. The Labute approximate surface area is 123 Å². The van der Waals surface area contributed by atoms with Gasteiger partial charge in [0.2, 0.25) is 0 Å². The quantitative estimate of drug-likeness (QED) is 0.941. The first-order chi connectivity index (χ1) is 9.95. The molecule has 9 heteroatoms. The predicted molar refractivity (Wildman–Crippen MR) is 69.0 cm³/mol. The lowest BCUT2D eigenvalue weighted by molar-refractivity contribution is -0.137. The highest BCUT2D eigenvalue weighted by atomic mass is 35.5. The zero-order valence-corrected chi connectivity index (χ0v) is 11.5. The average Bonchev–Trinajstić information content (AvgIpc) is 3.13. The highest BCUT2D eigenvalue weighted by molar-refractivity contribution is 6.32. The van der Waals surface area contributed by atoms with Gasteiger partial charge in [-0.15, -0.1) is 5.10 Å². The van der Waals surface area contributed by atoms with Crippen LogP contribution < -0.4 is 5.32 Å². The summed E-state index contributed by atoms with van der Waals surface area (Å²) in [7, 11) is 0. The van der Waals surface area contributed by atoms with Crippen molar-refractivity contribution in [2.75, 3.05) is 0 Å². The van der Waals surface area contributed by atoms with Crippen molar-refractivity contribution >= 4 is 11.6 Å². The summed E-state index contributed by atoms with van der Waals surface area (Å²) in [6.07, 6.45) is -2.27. The molecular formula is C12H11ClF3N5. The largest absolute Gasteiger partial charge is 0.416 e. The molecule has 1 aromatic carbocycles. The van der Waals surface area contributed by atoms with E-state index in [4.69, 9.17) is 11.6 Å². The maximum Gasteiger partial charge on any atom is 0.416 e. The molecule has 0 unspecified atom stereocenters. The number of alkyl halides is 3. The van der Waals surface area contributed by atoms with Gasteiger partial charge >= 0.3 is 6.18 Å². The number of aromatic nitrogens is 4. The third-order valence-corrected chi connectivity index (χ3v) is 3.48. The van der Waals surface area contributed by atoms with Gasteiger partial charge in [0.05, 0.1) is 22.8 Å². The van der Waals surface area contributed by atoms with E-state index in [1.54, 1.807) is 0 Å². The van der Waals surface area contributed by atoms with Gasteiger partial charge < -0.3 is 5.32 Å². The lowest BCUT2D eigenvalue weighted by Gasteiger charge is -2.11. The number of tetrazole rings is 1. The fourth-order valence-electron chi connectivity index (χ4n) is 1.88. The first-order valence-electron chi connectivity index (χ1n) is 6.33. The van der Waals surface area contributed by atoms with Crippen molar-refractivity contribution in [3.05, 3.63) is 34.6 Å². The topological polar surface area (TPSA) is 55.6 Å². The van der Waals surface area contributed by atoms with Crippen molar-refractivity contribution in [2.24, 2.45) is 0 Å². The third kappa shape index (κ3) is 3.16. The van der Waals surface area contributed by atoms with Crippen LogP contribution in [0.1, 0.15) is 24.2 Å². The summed E-state index contributed by atoms with van der Waals surface area (Å²) in [5.41, 5.74) is -0.678. The van der Waals surface area contributed by atoms with Crippen molar-refractivity contribution in [1.29, 1.82) is 0 Å². The smallest absolute Gasteiger partial charge is 0.307 e. The minimum Gasteiger partial charge on any atom is -0.307 e. The summed E-state index contributed by atoms with van der Waals surface area (Å²) in [5, 5.41) is 14.4. The van der Waals surface area contributed by atoms with E-state index in [1.807, 2.05) is 0 Å². The number of rotatable bonds is 4. The zero-order chi connectivity index (χ0) is 15.0. The monoisotopic (exact) mass is 317 g/mol. The van der Waals surface area contributed by atoms with Gasteiger partial charge in [-0.1, -0.05) is 11.6 Å². The highest BCUT2D eigenvalue weighted by Gasteiger charge is 2.31. The molecule has 0 bridgehead atoms. The van der Waals surface area contributed by atoms with Crippen LogP contribution in [0, 0.1) is 0 Å². The number of halogens is 4. The standard InChI is InChI=1S/C12H11ClF3N5/c13-9-4-1-7(12(14,15)16)5-10(9)21-11(18-19-20-21)6-17-8-2-3-8/h1,4-5,8,17H,2-3,6H2. The van der Waals surface area contributed by atoms with Crippen LogP contribution in [0.2, 0.25) is 5.02 Å². The maximum atomic E-state index is 12.8. The fourth-order valence-corrected chi connectivity index (χ4v) is 2.08. The summed E-state index contributed by atoms with van der Waals surface area (Å²) < 4.78 is 39.6. The Balaban J connectivity index is 1.93. The van der Waals surface area contributed by atoms with Crippen molar-refractivity contribution < 1.29 is 13.2 Å². The number of nitrogens with zero attached hydrogens (tertiary/aromatic N) is 4. The van der Waals surface area contributed by atoms with Crippen LogP contribution in [0.25, 0.3) is 5.69 Å². The van der Waals surface area contributed by atoms with Crippen LogP contribution >= 0.6 is 11.6 Å². The molecule has 1 N–H and O–H groups in total. The minimum atomic E-state index is -4.44. The van der Waals surface area contributed by atoms with Gasteiger partial charge in [0.1, 0.15) is 0 Å². The van der Waals surface area contributed by atoms with E-state index in [9.17, 15) is 13.2 Å². The molecule has 5 nitrogen and oxygen atoms in total. The molecule has 1 aromatic heterocycles. The summed E-state index contributed by atoms with van der Waals surface area (Å²) in [6.45, 7) is 0.379. The number of hydrogen-bond donors (Lipinski definition) is 1. The Morgan fingerprint density at radius 1 is 1.33 bits per heavy atom. The van der Waals surface area contributed by atoms with E-state index in [1.165, 1.54) is 10.7 Å². The number of nitrogens with one attached hydrogen (secondary N) is 1. The first kappa shape index (κ1) is 14.3. The molecular weight excluding hydrogens is 307 g/mol. The van der Waals surface area contributed by atoms with Crippen LogP contribution in [0.4, 0.5) is 13.2 Å². The minimum absolute atomic E-state index is 0.115. The molecule has 0 amide bonds. The molecule has 3 rings (SSSR count). The zero-order valence-electron chi connectivity index (χ0n) is 10.7. The van der Waals surface area contributed by atoms with E-state index >= 15 is 0 Å². The van der Waals surface area contributed by atoms with Crippen molar-refractivity contribution in [3.63, 3.8) is 0 Å². The third-order valence-electron chi connectivity index (χ3n) is 3.16. The van der Waals surface area contributed by atoms with E-state index < -0.39 is 11.7 Å². The summed E-state index contributed by atoms with van der Waals surface area (Å²) in [4.78, 5) is 0. The molecule has 0 saturated heterocycles. The van der Waals surface area contributed by atoms with Crippen LogP contribution in [-0.4, -0.2) is 26.2 Å². The molecule has 1 aliphatic rings. The van der Waals surface area contributed by atoms with Crippen LogP contribution in [-0.2, 0) is 12.7 Å². The summed E-state index contributed by atoms with van der Waals surface area (Å²) in [5.74, 6) is 0.420. The van der Waals surface area contributed by atoms with E-state index in [0.29, 0.717) is 18.4 Å². The Bertz CT molecular complexity index is 651. The molecule has 1 fully saturated rings. The van der Waals surface area contributed by atoms with Gasteiger partial charge in [-0.2, -0.15) is 17.9 Å². The van der Waals surface area contributed by atoms with Gasteiger partial charge in [-0.3, -0.25) is 0 Å². The van der Waals surface area contributed by atoms with E-state index in [0.717, 1.165) is 25.0 Å². The molecule has 112 valence electrons. The molecule has 0 atom stereocenters. The summed E-state index contributed by atoms with van der Waals surface area (Å²) in [6, 6.07) is 3.50. The van der Waals surface area contributed by atoms with Crippen LogP contribution in [0.3, 0.4) is 0 Å². The van der Waals surface area contributed by atoms with E-state index in [2.05, 4.69) is 20.8 Å². The summed E-state index contributed by atoms with van der Waals surface area (Å²) >= 11 is 5.98. The second-order valence-corrected chi connectivity index (χ2v) is 5.23. The number of benzene rings is 1. The lowest BCUT2D eigenvalue weighted by Crippen LogP contribution is -2.19. The van der Waals surface area contributed by atoms with Gasteiger partial charge in [-0.25, -0.2) is 0 Å². The Morgan fingerprint density at radius 3 is 2.76 bits per heavy atom. The first-order valence-corrected chi connectivity index (χ1v) is 6.71. The van der Waals surface area contributed by atoms with E-state index in [-0.39, 0.29) is 10.7 Å². The van der Waals surface area contributed by atoms with Crippen LogP contribution in [0.15, 0.2) is 18.2 Å². The van der Waals surface area contributed by atoms with Crippen molar-refractivity contribution in [2.45, 2.75) is 31.6 Å². The predicted octanol–water partition coefficient (Wildman–Crippen LogP) is 2.59. The molecule has 0 radical (unpaired) electrons. The molecule has 1 heterocycles.